The number of likely N-dealkylation sites (N-methyl/N-ethyl adjacent to an activating group) is 1. The Morgan fingerprint density at radius 3 is 2.39 bits per heavy atom. The Morgan fingerprint density at radius 2 is 1.83 bits per heavy atom. The van der Waals surface area contributed by atoms with Crippen molar-refractivity contribution in [3.8, 4) is 5.75 Å². The van der Waals surface area contributed by atoms with Gasteiger partial charge in [0.1, 0.15) is 5.75 Å². The van der Waals surface area contributed by atoms with Crippen molar-refractivity contribution in [1.82, 2.24) is 4.90 Å². The minimum Gasteiger partial charge on any atom is -0.497 e. The van der Waals surface area contributed by atoms with Crippen molar-refractivity contribution < 1.29 is 14.6 Å². The summed E-state index contributed by atoms with van der Waals surface area (Å²) in [6.07, 6.45) is 0. The maximum absolute atomic E-state index is 11.3. The van der Waals surface area contributed by atoms with E-state index in [9.17, 15) is 9.90 Å². The quantitative estimate of drug-likeness (QED) is 0.822. The number of nitrogens with one attached hydrogen (secondary N) is 1. The molecule has 0 aromatic heterocycles. The zero-order valence-corrected chi connectivity index (χ0v) is 13.6. The molecule has 0 fully saturated rings. The average Bonchev–Trinajstić information content (AvgIpc) is 2.55. The molecule has 0 radical (unpaired) electrons. The smallest absolute Gasteiger partial charge is 0.337 e. The number of rotatable bonds is 7. The van der Waals surface area contributed by atoms with E-state index < -0.39 is 5.97 Å². The van der Waals surface area contributed by atoms with Crippen LogP contribution in [0.4, 0.5) is 5.69 Å². The Labute approximate surface area is 136 Å². The maximum Gasteiger partial charge on any atom is 0.337 e. The molecule has 122 valence electrons. The van der Waals surface area contributed by atoms with Crippen LogP contribution in [0.2, 0.25) is 0 Å². The maximum atomic E-state index is 11.3. The fraction of sp³-hybridized carbons (Fsp3) is 0.278. The lowest BCUT2D eigenvalue weighted by molar-refractivity contribution is 0.0698. The fourth-order valence-electron chi connectivity index (χ4n) is 2.46. The van der Waals surface area contributed by atoms with E-state index in [-0.39, 0.29) is 11.6 Å². The molecule has 2 rings (SSSR count). The van der Waals surface area contributed by atoms with Crippen LogP contribution in [0.3, 0.4) is 0 Å². The number of anilines is 1. The standard InChI is InChI=1S/C18H22N2O3/c1-20(2)17(13-8-10-14(23-3)11-9-13)12-19-16-7-5-4-6-15(16)18(21)22/h4-11,17,19H,12H2,1-3H3,(H,21,22). The molecule has 0 saturated heterocycles. The Morgan fingerprint density at radius 1 is 1.17 bits per heavy atom. The topological polar surface area (TPSA) is 61.8 Å². The van der Waals surface area contributed by atoms with E-state index in [1.54, 1.807) is 25.3 Å². The third-order valence-corrected chi connectivity index (χ3v) is 3.77. The van der Waals surface area contributed by atoms with Crippen molar-refractivity contribution in [2.75, 3.05) is 33.1 Å². The van der Waals surface area contributed by atoms with Crippen LogP contribution < -0.4 is 10.1 Å². The predicted octanol–water partition coefficient (Wildman–Crippen LogP) is 3.11. The van der Waals surface area contributed by atoms with Crippen LogP contribution in [-0.4, -0.2) is 43.7 Å². The molecule has 23 heavy (non-hydrogen) atoms. The molecule has 1 unspecified atom stereocenters. The third-order valence-electron chi connectivity index (χ3n) is 3.77. The van der Waals surface area contributed by atoms with Crippen LogP contribution in [0, 0.1) is 0 Å². The number of hydrogen-bond donors (Lipinski definition) is 2. The van der Waals surface area contributed by atoms with E-state index >= 15 is 0 Å². The number of carboxylic acid groups (broad SMARTS) is 1. The zero-order valence-electron chi connectivity index (χ0n) is 13.6. The summed E-state index contributed by atoms with van der Waals surface area (Å²) >= 11 is 0. The highest BCUT2D eigenvalue weighted by atomic mass is 16.5. The molecule has 2 aromatic carbocycles. The molecule has 5 nitrogen and oxygen atoms in total. The van der Waals surface area contributed by atoms with Gasteiger partial charge in [-0.2, -0.15) is 0 Å². The summed E-state index contributed by atoms with van der Waals surface area (Å²) in [4.78, 5) is 13.4. The highest BCUT2D eigenvalue weighted by molar-refractivity contribution is 5.94. The van der Waals surface area contributed by atoms with Gasteiger partial charge in [-0.05, 0) is 43.9 Å². The summed E-state index contributed by atoms with van der Waals surface area (Å²) in [5.74, 6) is -0.116. The van der Waals surface area contributed by atoms with Gasteiger partial charge in [-0.3, -0.25) is 0 Å². The number of ether oxygens (including phenoxy) is 1. The molecular formula is C18H22N2O3. The molecule has 0 amide bonds. The molecule has 0 aliphatic carbocycles. The highest BCUT2D eigenvalue weighted by Gasteiger charge is 2.16. The van der Waals surface area contributed by atoms with E-state index in [1.807, 2.05) is 44.4 Å². The Balaban J connectivity index is 2.16. The van der Waals surface area contributed by atoms with Gasteiger partial charge < -0.3 is 20.1 Å². The van der Waals surface area contributed by atoms with Gasteiger partial charge in [-0.15, -0.1) is 0 Å². The lowest BCUT2D eigenvalue weighted by Gasteiger charge is -2.26. The molecule has 0 aliphatic rings. The molecule has 2 N–H and O–H groups in total. The van der Waals surface area contributed by atoms with Gasteiger partial charge in [0, 0.05) is 12.2 Å². The first-order valence-electron chi connectivity index (χ1n) is 7.39. The number of benzene rings is 2. The molecule has 0 heterocycles. The minimum absolute atomic E-state index is 0.114. The number of aromatic carboxylic acids is 1. The number of carboxylic acids is 1. The van der Waals surface area contributed by atoms with E-state index in [2.05, 4.69) is 10.2 Å². The monoisotopic (exact) mass is 314 g/mol. The van der Waals surface area contributed by atoms with Crippen molar-refractivity contribution in [3.05, 3.63) is 59.7 Å². The SMILES string of the molecule is COc1ccc(C(CNc2ccccc2C(=O)O)N(C)C)cc1. The normalized spacial score (nSPS) is 12.0. The second-order valence-electron chi connectivity index (χ2n) is 5.48. The summed E-state index contributed by atoms with van der Waals surface area (Å²) in [5, 5.41) is 12.5. The molecule has 2 aromatic rings. The number of para-hydroxylation sites is 1. The van der Waals surface area contributed by atoms with Crippen LogP contribution in [0.1, 0.15) is 22.0 Å². The predicted molar refractivity (Wildman–Crippen MR) is 91.3 cm³/mol. The number of hydrogen-bond acceptors (Lipinski definition) is 4. The first kappa shape index (κ1) is 16.8. The van der Waals surface area contributed by atoms with Gasteiger partial charge in [0.25, 0.3) is 0 Å². The summed E-state index contributed by atoms with van der Waals surface area (Å²) in [6, 6.07) is 14.9. The molecule has 0 aliphatic heterocycles. The van der Waals surface area contributed by atoms with E-state index in [4.69, 9.17) is 4.74 Å². The highest BCUT2D eigenvalue weighted by Crippen LogP contribution is 2.23. The average molecular weight is 314 g/mol. The molecule has 5 heteroatoms. The zero-order chi connectivity index (χ0) is 16.8. The summed E-state index contributed by atoms with van der Waals surface area (Å²) in [5.41, 5.74) is 2.04. The fourth-order valence-corrected chi connectivity index (χ4v) is 2.46. The molecule has 0 bridgehead atoms. The molecule has 0 spiro atoms. The van der Waals surface area contributed by atoms with Crippen LogP contribution in [-0.2, 0) is 0 Å². The number of methoxy groups -OCH3 is 1. The lowest BCUT2D eigenvalue weighted by Crippen LogP contribution is -2.27. The van der Waals surface area contributed by atoms with Crippen molar-refractivity contribution in [1.29, 1.82) is 0 Å². The third kappa shape index (κ3) is 4.23. The minimum atomic E-state index is -0.932. The van der Waals surface area contributed by atoms with E-state index in [0.29, 0.717) is 12.2 Å². The van der Waals surface area contributed by atoms with E-state index in [1.165, 1.54) is 0 Å². The van der Waals surface area contributed by atoms with Gasteiger partial charge in [-0.1, -0.05) is 24.3 Å². The van der Waals surface area contributed by atoms with Gasteiger partial charge in [0.05, 0.1) is 18.7 Å². The van der Waals surface area contributed by atoms with Gasteiger partial charge in [0.15, 0.2) is 0 Å². The van der Waals surface area contributed by atoms with Crippen molar-refractivity contribution >= 4 is 11.7 Å². The Bertz CT molecular complexity index is 654. The second kappa shape index (κ2) is 7.65. The van der Waals surface area contributed by atoms with Gasteiger partial charge in [0.2, 0.25) is 0 Å². The molecular weight excluding hydrogens is 292 g/mol. The Kier molecular flexibility index (Phi) is 5.60. The largest absolute Gasteiger partial charge is 0.497 e. The first-order chi connectivity index (χ1) is 11.0. The molecule has 1 atom stereocenters. The molecule has 0 saturated carbocycles. The van der Waals surface area contributed by atoms with Gasteiger partial charge >= 0.3 is 5.97 Å². The van der Waals surface area contributed by atoms with Crippen LogP contribution >= 0.6 is 0 Å². The number of carbonyl (C=O) groups is 1. The summed E-state index contributed by atoms with van der Waals surface area (Å²) in [6.45, 7) is 0.601. The van der Waals surface area contributed by atoms with Crippen LogP contribution in [0.15, 0.2) is 48.5 Å². The summed E-state index contributed by atoms with van der Waals surface area (Å²) < 4.78 is 5.19. The van der Waals surface area contributed by atoms with E-state index in [0.717, 1.165) is 11.3 Å². The van der Waals surface area contributed by atoms with Gasteiger partial charge in [-0.25, -0.2) is 4.79 Å². The lowest BCUT2D eigenvalue weighted by atomic mass is 10.1. The van der Waals surface area contributed by atoms with Crippen LogP contribution in [0.5, 0.6) is 5.75 Å². The number of nitrogens with zero attached hydrogens (tertiary/aromatic N) is 1. The van der Waals surface area contributed by atoms with Crippen molar-refractivity contribution in [2.24, 2.45) is 0 Å². The second-order valence-corrected chi connectivity index (χ2v) is 5.48. The Hall–Kier alpha value is -2.53. The van der Waals surface area contributed by atoms with Crippen LogP contribution in [0.25, 0.3) is 0 Å². The van der Waals surface area contributed by atoms with Crippen molar-refractivity contribution in [2.45, 2.75) is 6.04 Å². The van der Waals surface area contributed by atoms with Crippen molar-refractivity contribution in [3.63, 3.8) is 0 Å². The summed E-state index contributed by atoms with van der Waals surface area (Å²) in [7, 11) is 5.64. The first-order valence-corrected chi connectivity index (χ1v) is 7.39.